The molecule has 3 aliphatic rings. The van der Waals surface area contributed by atoms with Gasteiger partial charge in [0.1, 0.15) is 0 Å². The SMILES string of the molecule is CCCC1CCC(C2COC(c3ccc(C4CCC(F)(F)OC4)cc3)OC2)CC1. The Morgan fingerprint density at radius 2 is 1.52 bits per heavy atom. The molecule has 0 N–H and O–H groups in total. The van der Waals surface area contributed by atoms with Crippen LogP contribution >= 0.6 is 0 Å². The Hall–Kier alpha value is -1.04. The fourth-order valence-electron chi connectivity index (χ4n) is 5.25. The molecule has 3 fully saturated rings. The van der Waals surface area contributed by atoms with Gasteiger partial charge in [0.05, 0.1) is 19.8 Å². The first-order valence-corrected chi connectivity index (χ1v) is 11.4. The lowest BCUT2D eigenvalue weighted by Gasteiger charge is -2.38. The van der Waals surface area contributed by atoms with Gasteiger partial charge in [-0.05, 0) is 36.7 Å². The van der Waals surface area contributed by atoms with Gasteiger partial charge in [0.2, 0.25) is 0 Å². The standard InChI is InChI=1S/C24H34F2O3/c1-2-3-17-4-6-19(7-5-17)22-14-27-23(28-15-22)20-10-8-18(9-11-20)21-12-13-24(25,26)29-16-21/h8-11,17,19,21-23H,2-7,12-16H2,1H3. The highest BCUT2D eigenvalue weighted by atomic mass is 19.3. The van der Waals surface area contributed by atoms with Crippen molar-refractivity contribution in [3.63, 3.8) is 0 Å². The van der Waals surface area contributed by atoms with Gasteiger partial charge in [-0.15, -0.1) is 0 Å². The topological polar surface area (TPSA) is 27.7 Å². The zero-order valence-corrected chi connectivity index (χ0v) is 17.5. The Balaban J connectivity index is 1.25. The number of benzene rings is 1. The predicted octanol–water partition coefficient (Wildman–Crippen LogP) is 6.44. The van der Waals surface area contributed by atoms with Crippen LogP contribution in [0.3, 0.4) is 0 Å². The van der Waals surface area contributed by atoms with Crippen LogP contribution in [0, 0.1) is 17.8 Å². The minimum Gasteiger partial charge on any atom is -0.348 e. The van der Waals surface area contributed by atoms with E-state index in [9.17, 15) is 8.78 Å². The highest BCUT2D eigenvalue weighted by Gasteiger charge is 2.37. The molecule has 2 saturated heterocycles. The number of rotatable bonds is 5. The lowest BCUT2D eigenvalue weighted by molar-refractivity contribution is -0.261. The van der Waals surface area contributed by atoms with Gasteiger partial charge in [0, 0.05) is 23.8 Å². The Morgan fingerprint density at radius 3 is 2.10 bits per heavy atom. The molecular formula is C24H34F2O3. The molecule has 0 radical (unpaired) electrons. The minimum absolute atomic E-state index is 0.0316. The average Bonchev–Trinajstić information content (AvgIpc) is 2.75. The van der Waals surface area contributed by atoms with Crippen LogP contribution in [0.25, 0.3) is 0 Å². The molecule has 3 nitrogen and oxygen atoms in total. The summed E-state index contributed by atoms with van der Waals surface area (Å²) in [5.41, 5.74) is 2.04. The van der Waals surface area contributed by atoms with Crippen LogP contribution in [-0.4, -0.2) is 25.9 Å². The van der Waals surface area contributed by atoms with Gasteiger partial charge >= 0.3 is 6.11 Å². The van der Waals surface area contributed by atoms with Crippen molar-refractivity contribution in [1.82, 2.24) is 0 Å². The first-order valence-electron chi connectivity index (χ1n) is 11.4. The third-order valence-electron chi connectivity index (χ3n) is 7.14. The van der Waals surface area contributed by atoms with E-state index in [2.05, 4.69) is 11.7 Å². The number of hydrogen-bond acceptors (Lipinski definition) is 3. The van der Waals surface area contributed by atoms with Crippen molar-refractivity contribution in [3.05, 3.63) is 35.4 Å². The molecule has 1 atom stereocenters. The molecule has 1 aromatic carbocycles. The second-order valence-corrected chi connectivity index (χ2v) is 9.18. The molecule has 2 heterocycles. The van der Waals surface area contributed by atoms with E-state index in [0.717, 1.165) is 36.2 Å². The van der Waals surface area contributed by atoms with E-state index in [0.29, 0.717) is 12.3 Å². The summed E-state index contributed by atoms with van der Waals surface area (Å²) in [6, 6.07) is 8.01. The highest BCUT2D eigenvalue weighted by Crippen LogP contribution is 2.39. The van der Waals surface area contributed by atoms with Crippen molar-refractivity contribution in [3.8, 4) is 0 Å². The zero-order chi connectivity index (χ0) is 20.3. The van der Waals surface area contributed by atoms with Gasteiger partial charge in [-0.2, -0.15) is 8.78 Å². The Bertz CT molecular complexity index is 622. The first-order chi connectivity index (χ1) is 14.0. The molecule has 0 spiro atoms. The van der Waals surface area contributed by atoms with E-state index in [1.807, 2.05) is 24.3 Å². The zero-order valence-electron chi connectivity index (χ0n) is 17.5. The maximum absolute atomic E-state index is 13.2. The van der Waals surface area contributed by atoms with Crippen molar-refractivity contribution < 1.29 is 23.0 Å². The van der Waals surface area contributed by atoms with E-state index in [-0.39, 0.29) is 25.2 Å². The van der Waals surface area contributed by atoms with E-state index in [1.165, 1.54) is 38.5 Å². The van der Waals surface area contributed by atoms with Crippen molar-refractivity contribution in [2.24, 2.45) is 17.8 Å². The second kappa shape index (κ2) is 9.40. The summed E-state index contributed by atoms with van der Waals surface area (Å²) in [6.45, 7) is 3.89. The normalized spacial score (nSPS) is 35.3. The van der Waals surface area contributed by atoms with Crippen LogP contribution < -0.4 is 0 Å². The van der Waals surface area contributed by atoms with Crippen molar-refractivity contribution in [2.45, 2.75) is 76.6 Å². The molecule has 0 bridgehead atoms. The fraction of sp³-hybridized carbons (Fsp3) is 0.750. The third kappa shape index (κ3) is 5.36. The minimum atomic E-state index is -2.97. The van der Waals surface area contributed by atoms with Crippen molar-refractivity contribution >= 4 is 0 Å². The smallest absolute Gasteiger partial charge is 0.348 e. The predicted molar refractivity (Wildman–Crippen MR) is 108 cm³/mol. The Kier molecular flexibility index (Phi) is 6.87. The molecular weight excluding hydrogens is 374 g/mol. The van der Waals surface area contributed by atoms with Gasteiger partial charge in [0.25, 0.3) is 0 Å². The molecule has 1 aliphatic carbocycles. The molecule has 1 saturated carbocycles. The Morgan fingerprint density at radius 1 is 0.862 bits per heavy atom. The molecule has 0 aromatic heterocycles. The summed E-state index contributed by atoms with van der Waals surface area (Å²) in [5, 5.41) is 0. The van der Waals surface area contributed by atoms with Crippen LogP contribution in [-0.2, 0) is 14.2 Å². The molecule has 2 aliphatic heterocycles. The highest BCUT2D eigenvalue weighted by molar-refractivity contribution is 5.26. The van der Waals surface area contributed by atoms with E-state index in [4.69, 9.17) is 9.47 Å². The third-order valence-corrected chi connectivity index (χ3v) is 7.14. The lowest BCUT2D eigenvalue weighted by atomic mass is 9.75. The Labute approximate surface area is 173 Å². The van der Waals surface area contributed by atoms with Gasteiger partial charge in [-0.3, -0.25) is 0 Å². The number of ether oxygens (including phenoxy) is 3. The molecule has 29 heavy (non-hydrogen) atoms. The summed E-state index contributed by atoms with van der Waals surface area (Å²) >= 11 is 0. The molecule has 162 valence electrons. The van der Waals surface area contributed by atoms with Gasteiger partial charge < -0.3 is 14.2 Å². The molecule has 4 rings (SSSR count). The number of hydrogen-bond donors (Lipinski definition) is 0. The van der Waals surface area contributed by atoms with Crippen LogP contribution in [0.1, 0.15) is 81.6 Å². The maximum atomic E-state index is 13.2. The van der Waals surface area contributed by atoms with Crippen molar-refractivity contribution in [2.75, 3.05) is 19.8 Å². The fourth-order valence-corrected chi connectivity index (χ4v) is 5.25. The largest absolute Gasteiger partial charge is 0.355 e. The molecule has 5 heteroatoms. The van der Waals surface area contributed by atoms with Gasteiger partial charge in [-0.25, -0.2) is 0 Å². The maximum Gasteiger partial charge on any atom is 0.355 e. The number of alkyl halides is 2. The summed E-state index contributed by atoms with van der Waals surface area (Å²) in [6.07, 6.45) is 4.96. The second-order valence-electron chi connectivity index (χ2n) is 9.18. The van der Waals surface area contributed by atoms with Gasteiger partial charge in [0.15, 0.2) is 6.29 Å². The summed E-state index contributed by atoms with van der Waals surface area (Å²) in [4.78, 5) is 0. The average molecular weight is 409 g/mol. The van der Waals surface area contributed by atoms with Gasteiger partial charge in [-0.1, -0.05) is 56.9 Å². The van der Waals surface area contributed by atoms with Crippen LogP contribution in [0.15, 0.2) is 24.3 Å². The van der Waals surface area contributed by atoms with Crippen LogP contribution in [0.5, 0.6) is 0 Å². The van der Waals surface area contributed by atoms with E-state index >= 15 is 0 Å². The summed E-state index contributed by atoms with van der Waals surface area (Å²) < 4.78 is 43.2. The summed E-state index contributed by atoms with van der Waals surface area (Å²) in [5.74, 6) is 2.20. The van der Waals surface area contributed by atoms with Crippen LogP contribution in [0.2, 0.25) is 0 Å². The summed E-state index contributed by atoms with van der Waals surface area (Å²) in [7, 11) is 0. The number of halogens is 2. The molecule has 1 aromatic rings. The van der Waals surface area contributed by atoms with Crippen molar-refractivity contribution in [1.29, 1.82) is 0 Å². The van der Waals surface area contributed by atoms with E-state index in [1.54, 1.807) is 0 Å². The molecule has 1 unspecified atom stereocenters. The van der Waals surface area contributed by atoms with E-state index < -0.39 is 6.11 Å². The monoisotopic (exact) mass is 408 g/mol. The first kappa shape index (κ1) is 21.2. The quantitative estimate of drug-likeness (QED) is 0.561. The van der Waals surface area contributed by atoms with Crippen LogP contribution in [0.4, 0.5) is 8.78 Å². The lowest BCUT2D eigenvalue weighted by Crippen LogP contribution is -2.34. The molecule has 0 amide bonds.